The van der Waals surface area contributed by atoms with E-state index in [4.69, 9.17) is 19.7 Å². The second kappa shape index (κ2) is 6.55. The number of hydrogen-bond acceptors (Lipinski definition) is 4. The maximum atomic E-state index is 10.7. The summed E-state index contributed by atoms with van der Waals surface area (Å²) in [4.78, 5) is 10.7. The Morgan fingerprint density at radius 2 is 2.00 bits per heavy atom. The van der Waals surface area contributed by atoms with Crippen LogP contribution in [0.1, 0.15) is 5.56 Å². The topological polar surface area (TPSA) is 76.0 Å². The average Bonchev–Trinajstić information content (AvgIpc) is 2.34. The van der Waals surface area contributed by atoms with Crippen LogP contribution in [0.2, 0.25) is 0 Å². The zero-order valence-corrected chi connectivity index (χ0v) is 9.42. The van der Waals surface area contributed by atoms with Gasteiger partial charge in [0.15, 0.2) is 0 Å². The Morgan fingerprint density at radius 3 is 2.47 bits per heavy atom. The molecule has 2 N–H and O–H groups in total. The number of methoxy groups -OCH3 is 1. The van der Waals surface area contributed by atoms with Crippen molar-refractivity contribution in [3.05, 3.63) is 35.6 Å². The van der Waals surface area contributed by atoms with Crippen LogP contribution >= 0.6 is 0 Å². The molecular formula is C12H14O5. The molecule has 0 amide bonds. The number of aliphatic hydroxyl groups excluding tert-OH is 1. The molecule has 0 saturated carbocycles. The van der Waals surface area contributed by atoms with E-state index < -0.39 is 5.97 Å². The summed E-state index contributed by atoms with van der Waals surface area (Å²) < 4.78 is 9.88. The molecule has 0 unspecified atom stereocenters. The first kappa shape index (κ1) is 13.1. The summed E-state index contributed by atoms with van der Waals surface area (Å²) >= 11 is 0. The van der Waals surface area contributed by atoms with E-state index in [1.165, 1.54) is 13.2 Å². The zero-order chi connectivity index (χ0) is 12.7. The van der Waals surface area contributed by atoms with E-state index in [0.717, 1.165) is 0 Å². The van der Waals surface area contributed by atoms with Crippen molar-refractivity contribution < 1.29 is 24.5 Å². The lowest BCUT2D eigenvalue weighted by molar-refractivity contribution is -0.135. The van der Waals surface area contributed by atoms with Gasteiger partial charge in [-0.2, -0.15) is 0 Å². The summed E-state index contributed by atoms with van der Waals surface area (Å²) in [6.45, 7) is 0.183. The molecule has 0 aliphatic heterocycles. The van der Waals surface area contributed by atoms with Gasteiger partial charge in [0.1, 0.15) is 12.4 Å². The van der Waals surface area contributed by atoms with Crippen molar-refractivity contribution in [1.29, 1.82) is 0 Å². The second-order valence-electron chi connectivity index (χ2n) is 3.16. The Hall–Kier alpha value is -2.01. The molecule has 1 rings (SSSR count). The third-order valence-corrected chi connectivity index (χ3v) is 1.97. The van der Waals surface area contributed by atoms with Gasteiger partial charge < -0.3 is 19.7 Å². The van der Waals surface area contributed by atoms with Crippen LogP contribution in [-0.2, 0) is 9.53 Å². The van der Waals surface area contributed by atoms with Gasteiger partial charge in [0.2, 0.25) is 5.76 Å². The normalized spacial score (nSPS) is 11.1. The Morgan fingerprint density at radius 1 is 1.35 bits per heavy atom. The molecule has 0 aliphatic rings. The third kappa shape index (κ3) is 4.16. The lowest BCUT2D eigenvalue weighted by Crippen LogP contribution is -2.02. The maximum Gasteiger partial charge on any atom is 0.371 e. The molecular weight excluding hydrogens is 224 g/mol. The van der Waals surface area contributed by atoms with E-state index in [0.29, 0.717) is 11.3 Å². The molecule has 1 aromatic rings. The molecule has 0 spiro atoms. The van der Waals surface area contributed by atoms with Crippen LogP contribution < -0.4 is 4.74 Å². The number of aliphatic hydroxyl groups is 1. The predicted molar refractivity (Wildman–Crippen MR) is 61.6 cm³/mol. The molecule has 0 fully saturated rings. The lowest BCUT2D eigenvalue weighted by Gasteiger charge is -2.04. The van der Waals surface area contributed by atoms with E-state index in [2.05, 4.69) is 0 Å². The molecule has 0 aliphatic carbocycles. The van der Waals surface area contributed by atoms with Gasteiger partial charge in [-0.25, -0.2) is 4.79 Å². The van der Waals surface area contributed by atoms with Crippen LogP contribution in [0.5, 0.6) is 5.75 Å². The van der Waals surface area contributed by atoms with Gasteiger partial charge in [0.05, 0.1) is 13.7 Å². The Balaban J connectivity index is 2.76. The van der Waals surface area contributed by atoms with E-state index in [-0.39, 0.29) is 19.0 Å². The quantitative estimate of drug-likeness (QED) is 0.574. The van der Waals surface area contributed by atoms with Crippen molar-refractivity contribution in [3.63, 3.8) is 0 Å². The summed E-state index contributed by atoms with van der Waals surface area (Å²) in [5.41, 5.74) is 0.695. The molecule has 0 radical (unpaired) electrons. The first-order valence-corrected chi connectivity index (χ1v) is 5.00. The van der Waals surface area contributed by atoms with E-state index >= 15 is 0 Å². The Labute approximate surface area is 98.9 Å². The number of aliphatic carboxylic acids is 1. The van der Waals surface area contributed by atoms with Crippen LogP contribution in [0.25, 0.3) is 6.08 Å². The first-order valence-electron chi connectivity index (χ1n) is 5.00. The Bertz CT molecular complexity index is 394. The van der Waals surface area contributed by atoms with Crippen molar-refractivity contribution in [2.24, 2.45) is 0 Å². The summed E-state index contributed by atoms with van der Waals surface area (Å²) in [6.07, 6.45) is 1.41. The minimum atomic E-state index is -1.12. The van der Waals surface area contributed by atoms with Gasteiger partial charge >= 0.3 is 5.97 Å². The van der Waals surface area contributed by atoms with E-state index in [9.17, 15) is 4.79 Å². The highest BCUT2D eigenvalue weighted by Gasteiger charge is 2.06. The van der Waals surface area contributed by atoms with Crippen LogP contribution in [0.15, 0.2) is 30.0 Å². The van der Waals surface area contributed by atoms with E-state index in [1.807, 2.05) is 0 Å². The SMILES string of the molecule is COC(=Cc1ccc(OCCO)cc1)C(=O)O. The van der Waals surface area contributed by atoms with Gasteiger partial charge in [-0.15, -0.1) is 0 Å². The van der Waals surface area contributed by atoms with Gasteiger partial charge in [-0.1, -0.05) is 12.1 Å². The average molecular weight is 238 g/mol. The van der Waals surface area contributed by atoms with Gasteiger partial charge in [-0.05, 0) is 23.8 Å². The highest BCUT2D eigenvalue weighted by Crippen LogP contribution is 2.14. The zero-order valence-electron chi connectivity index (χ0n) is 9.42. The van der Waals surface area contributed by atoms with E-state index in [1.54, 1.807) is 24.3 Å². The van der Waals surface area contributed by atoms with Crippen molar-refractivity contribution >= 4 is 12.0 Å². The summed E-state index contributed by atoms with van der Waals surface area (Å²) in [6, 6.07) is 6.79. The van der Waals surface area contributed by atoms with Gasteiger partial charge in [0, 0.05) is 0 Å². The molecule has 1 aromatic carbocycles. The van der Waals surface area contributed by atoms with Crippen LogP contribution in [0.3, 0.4) is 0 Å². The number of rotatable bonds is 6. The molecule has 0 saturated heterocycles. The summed E-state index contributed by atoms with van der Waals surface area (Å²) in [5, 5.41) is 17.3. The standard InChI is InChI=1S/C12H14O5/c1-16-11(12(14)15)8-9-2-4-10(5-3-9)17-7-6-13/h2-5,8,13H,6-7H2,1H3,(H,14,15). The second-order valence-corrected chi connectivity index (χ2v) is 3.16. The lowest BCUT2D eigenvalue weighted by atomic mass is 10.2. The fourth-order valence-corrected chi connectivity index (χ4v) is 1.18. The number of ether oxygens (including phenoxy) is 2. The minimum absolute atomic E-state index is 0.0471. The predicted octanol–water partition coefficient (Wildman–Crippen LogP) is 1.13. The number of carbonyl (C=O) groups is 1. The molecule has 0 bridgehead atoms. The van der Waals surface area contributed by atoms with Gasteiger partial charge in [-0.3, -0.25) is 0 Å². The molecule has 17 heavy (non-hydrogen) atoms. The molecule has 0 atom stereocenters. The third-order valence-electron chi connectivity index (χ3n) is 1.97. The summed E-state index contributed by atoms with van der Waals surface area (Å²) in [7, 11) is 1.30. The molecule has 0 heterocycles. The summed E-state index contributed by atoms with van der Waals surface area (Å²) in [5.74, 6) is -0.632. The van der Waals surface area contributed by atoms with Crippen molar-refractivity contribution in [3.8, 4) is 5.75 Å². The molecule has 0 aromatic heterocycles. The van der Waals surface area contributed by atoms with Crippen molar-refractivity contribution in [2.75, 3.05) is 20.3 Å². The molecule has 5 heteroatoms. The number of hydrogen-bond donors (Lipinski definition) is 2. The maximum absolute atomic E-state index is 10.7. The molecule has 92 valence electrons. The van der Waals surface area contributed by atoms with Crippen LogP contribution in [0.4, 0.5) is 0 Å². The van der Waals surface area contributed by atoms with Gasteiger partial charge in [0.25, 0.3) is 0 Å². The number of carboxylic acid groups (broad SMARTS) is 1. The highest BCUT2D eigenvalue weighted by atomic mass is 16.5. The largest absolute Gasteiger partial charge is 0.491 e. The Kier molecular flexibility index (Phi) is 5.03. The monoisotopic (exact) mass is 238 g/mol. The first-order chi connectivity index (χ1) is 8.17. The molecule has 5 nitrogen and oxygen atoms in total. The van der Waals surface area contributed by atoms with Crippen LogP contribution in [-0.4, -0.2) is 36.5 Å². The highest BCUT2D eigenvalue weighted by molar-refractivity contribution is 5.89. The smallest absolute Gasteiger partial charge is 0.371 e. The van der Waals surface area contributed by atoms with Crippen molar-refractivity contribution in [1.82, 2.24) is 0 Å². The minimum Gasteiger partial charge on any atom is -0.491 e. The van der Waals surface area contributed by atoms with Crippen molar-refractivity contribution in [2.45, 2.75) is 0 Å². The van der Waals surface area contributed by atoms with Crippen LogP contribution in [0, 0.1) is 0 Å². The number of carboxylic acids is 1. The number of benzene rings is 1. The fraction of sp³-hybridized carbons (Fsp3) is 0.250. The fourth-order valence-electron chi connectivity index (χ4n) is 1.18.